The van der Waals surface area contributed by atoms with E-state index >= 15 is 0 Å². The van der Waals surface area contributed by atoms with Crippen molar-refractivity contribution in [3.05, 3.63) is 167 Å². The molecule has 5 aromatic carbocycles. The normalized spacial score (nSPS) is 10.6. The van der Waals surface area contributed by atoms with E-state index in [0.29, 0.717) is 13.2 Å². The highest BCUT2D eigenvalue weighted by atomic mass is 16.5. The van der Waals surface area contributed by atoms with Crippen LogP contribution in [-0.4, -0.2) is 23.8 Å². The predicted molar refractivity (Wildman–Crippen MR) is 191 cm³/mol. The fourth-order valence-electron chi connectivity index (χ4n) is 4.69. The minimum Gasteiger partial charge on any atom is -0.489 e. The van der Waals surface area contributed by atoms with Crippen LogP contribution in [0.3, 0.4) is 0 Å². The fourth-order valence-corrected chi connectivity index (χ4v) is 4.69. The Morgan fingerprint density at radius 3 is 1.11 bits per heavy atom. The van der Waals surface area contributed by atoms with Gasteiger partial charge in [0.1, 0.15) is 24.7 Å². The van der Waals surface area contributed by atoms with E-state index in [4.69, 9.17) is 9.47 Å². The summed E-state index contributed by atoms with van der Waals surface area (Å²) in [5.74, 6) is 8.15. The smallest absolute Gasteiger partial charge is 0.119 e. The van der Waals surface area contributed by atoms with Crippen molar-refractivity contribution in [1.29, 1.82) is 0 Å². The molecule has 0 radical (unpaired) electrons. The first-order chi connectivity index (χ1) is 22.4. The summed E-state index contributed by atoms with van der Waals surface area (Å²) in [4.78, 5) is 9.02. The molecule has 4 heteroatoms. The summed E-state index contributed by atoms with van der Waals surface area (Å²) in [6, 6.07) is 45.4. The Labute approximate surface area is 273 Å². The Bertz CT molecular complexity index is 1670. The van der Waals surface area contributed by atoms with Crippen LogP contribution in [-0.2, 0) is 13.2 Å². The van der Waals surface area contributed by atoms with Crippen LogP contribution in [0.15, 0.2) is 143 Å². The third kappa shape index (κ3) is 9.30. The van der Waals surface area contributed by atoms with Gasteiger partial charge in [0.25, 0.3) is 0 Å². The second-order valence-electron chi connectivity index (χ2n) is 11.6. The van der Waals surface area contributed by atoms with Crippen LogP contribution in [0, 0.1) is 0 Å². The van der Waals surface area contributed by atoms with E-state index in [-0.39, 0.29) is 12.1 Å². The van der Waals surface area contributed by atoms with Gasteiger partial charge in [-0.2, -0.15) is 0 Å². The molecular weight excluding hydrogens is 564 g/mol. The molecule has 0 unspecified atom stereocenters. The number of nitrogens with zero attached hydrogens (tertiary/aromatic N) is 2. The van der Waals surface area contributed by atoms with E-state index < -0.39 is 0 Å². The molecule has 0 aliphatic rings. The fraction of sp³-hybridized carbons (Fsp3) is 0.190. The third-order valence-electron chi connectivity index (χ3n) is 7.11. The summed E-state index contributed by atoms with van der Waals surface area (Å²) in [6.45, 7) is 9.17. The van der Waals surface area contributed by atoms with Gasteiger partial charge in [0.2, 0.25) is 0 Å². The molecule has 0 atom stereocenters. The minimum absolute atomic E-state index is 0.178. The van der Waals surface area contributed by atoms with E-state index in [2.05, 4.69) is 122 Å². The van der Waals surface area contributed by atoms with Crippen molar-refractivity contribution >= 4 is 22.9 Å². The molecule has 0 aromatic heterocycles. The number of hydrogen-bond donors (Lipinski definition) is 0. The molecule has 230 valence electrons. The molecular formula is C42H40N2O2. The largest absolute Gasteiger partial charge is 0.489 e. The van der Waals surface area contributed by atoms with Crippen LogP contribution in [0.5, 0.6) is 11.5 Å². The lowest BCUT2D eigenvalue weighted by Gasteiger charge is -2.11. The van der Waals surface area contributed by atoms with E-state index in [0.717, 1.165) is 56.0 Å². The molecule has 46 heavy (non-hydrogen) atoms. The van der Waals surface area contributed by atoms with Gasteiger partial charge in [0, 0.05) is 0 Å². The number of ether oxygens (including phenoxy) is 2. The summed E-state index contributed by atoms with van der Waals surface area (Å²) in [7, 11) is 0. The van der Waals surface area contributed by atoms with Crippen LogP contribution in [0.4, 0.5) is 0 Å². The number of benzene rings is 5. The molecule has 0 heterocycles. The molecule has 0 aliphatic carbocycles. The van der Waals surface area contributed by atoms with Gasteiger partial charge in [0.05, 0.1) is 23.2 Å². The lowest BCUT2D eigenvalue weighted by molar-refractivity contribution is 0.302. The van der Waals surface area contributed by atoms with Gasteiger partial charge in [-0.1, -0.05) is 84.9 Å². The van der Waals surface area contributed by atoms with Crippen molar-refractivity contribution < 1.29 is 9.47 Å². The van der Waals surface area contributed by atoms with Gasteiger partial charge in [-0.25, -0.2) is 9.98 Å². The lowest BCUT2D eigenvalue weighted by atomic mass is 9.99. The SMILES string of the molecule is CC(C)N=C=C(c1ccccc1)c1ccc(OCc2ccc(COc3ccc(C(=C=NC(C)C)c4ccccc4)cc3)cc2)cc1. The van der Waals surface area contributed by atoms with Crippen molar-refractivity contribution in [2.45, 2.75) is 53.0 Å². The molecule has 0 saturated heterocycles. The Balaban J connectivity index is 1.17. The highest BCUT2D eigenvalue weighted by Crippen LogP contribution is 2.25. The maximum absolute atomic E-state index is 6.09. The average molecular weight is 605 g/mol. The molecule has 0 bridgehead atoms. The zero-order valence-electron chi connectivity index (χ0n) is 27.0. The van der Waals surface area contributed by atoms with E-state index in [1.165, 1.54) is 0 Å². The first-order valence-electron chi connectivity index (χ1n) is 15.8. The van der Waals surface area contributed by atoms with Gasteiger partial charge in [-0.05, 0) is 121 Å². The second kappa shape index (κ2) is 16.1. The quantitative estimate of drug-likeness (QED) is 0.133. The molecule has 0 saturated carbocycles. The van der Waals surface area contributed by atoms with Crippen molar-refractivity contribution in [1.82, 2.24) is 0 Å². The van der Waals surface area contributed by atoms with Crippen LogP contribution < -0.4 is 9.47 Å². The van der Waals surface area contributed by atoms with Gasteiger partial charge >= 0.3 is 0 Å². The molecule has 0 aliphatic heterocycles. The second-order valence-corrected chi connectivity index (χ2v) is 11.6. The van der Waals surface area contributed by atoms with Gasteiger partial charge < -0.3 is 9.47 Å². The van der Waals surface area contributed by atoms with Crippen molar-refractivity contribution in [2.75, 3.05) is 0 Å². The zero-order valence-corrected chi connectivity index (χ0v) is 27.0. The monoisotopic (exact) mass is 604 g/mol. The van der Waals surface area contributed by atoms with Gasteiger partial charge in [0.15, 0.2) is 0 Å². The van der Waals surface area contributed by atoms with E-state index in [9.17, 15) is 0 Å². The predicted octanol–water partition coefficient (Wildman–Crippen LogP) is 9.86. The Morgan fingerprint density at radius 2 is 0.783 bits per heavy atom. The number of hydrogen-bond acceptors (Lipinski definition) is 4. The van der Waals surface area contributed by atoms with Gasteiger partial charge in [-0.3, -0.25) is 0 Å². The first kappa shape index (κ1) is 32.0. The molecule has 0 fully saturated rings. The first-order valence-corrected chi connectivity index (χ1v) is 15.8. The Morgan fingerprint density at radius 1 is 0.457 bits per heavy atom. The summed E-state index contributed by atoms with van der Waals surface area (Å²) >= 11 is 0. The van der Waals surface area contributed by atoms with Crippen molar-refractivity contribution in [3.8, 4) is 11.5 Å². The third-order valence-corrected chi connectivity index (χ3v) is 7.11. The molecule has 0 spiro atoms. The lowest BCUT2D eigenvalue weighted by Crippen LogP contribution is -1.99. The van der Waals surface area contributed by atoms with Crippen LogP contribution in [0.1, 0.15) is 61.1 Å². The van der Waals surface area contributed by atoms with E-state index in [1.54, 1.807) is 0 Å². The van der Waals surface area contributed by atoms with Crippen LogP contribution in [0.25, 0.3) is 11.1 Å². The zero-order chi connectivity index (χ0) is 32.1. The standard InChI is InChI=1S/C42H40N2O2/c1-31(2)43-27-41(35-11-7-5-8-12-35)37-19-23-39(24-20-37)45-29-33-15-17-34(18-16-33)30-46-40-25-21-38(22-26-40)42(28-44-32(3)4)36-13-9-6-10-14-36/h5-26,31-32H,29-30H2,1-4H3. The Kier molecular flexibility index (Phi) is 11.2. The summed E-state index contributed by atoms with van der Waals surface area (Å²) in [5.41, 5.74) is 8.40. The maximum Gasteiger partial charge on any atom is 0.119 e. The van der Waals surface area contributed by atoms with E-state index in [1.807, 2.05) is 60.7 Å². The molecule has 4 nitrogen and oxygen atoms in total. The summed E-state index contributed by atoms with van der Waals surface area (Å²) in [6.07, 6.45) is 0. The summed E-state index contributed by atoms with van der Waals surface area (Å²) in [5, 5.41) is 0. The topological polar surface area (TPSA) is 43.2 Å². The highest BCUT2D eigenvalue weighted by molar-refractivity contribution is 5.99. The van der Waals surface area contributed by atoms with Crippen molar-refractivity contribution in [2.24, 2.45) is 9.98 Å². The van der Waals surface area contributed by atoms with Crippen molar-refractivity contribution in [3.63, 3.8) is 0 Å². The number of aliphatic imine (C=N–C) groups is 2. The molecule has 0 amide bonds. The molecule has 5 aromatic rings. The highest BCUT2D eigenvalue weighted by Gasteiger charge is 2.08. The Hall–Kier alpha value is -5.40. The maximum atomic E-state index is 6.09. The molecule has 0 N–H and O–H groups in total. The molecule has 5 rings (SSSR count). The minimum atomic E-state index is 0.178. The van der Waals surface area contributed by atoms with Crippen LogP contribution in [0.2, 0.25) is 0 Å². The summed E-state index contributed by atoms with van der Waals surface area (Å²) < 4.78 is 12.2. The number of rotatable bonds is 12. The average Bonchev–Trinajstić information content (AvgIpc) is 3.09. The van der Waals surface area contributed by atoms with Gasteiger partial charge in [-0.15, -0.1) is 0 Å². The van der Waals surface area contributed by atoms with Crippen LogP contribution >= 0.6 is 0 Å².